The fourth-order valence-corrected chi connectivity index (χ4v) is 1.22. The van der Waals surface area contributed by atoms with Gasteiger partial charge in [-0.3, -0.25) is 9.59 Å². The number of nitrogens with one attached hydrogen (secondary N) is 2. The van der Waals surface area contributed by atoms with E-state index in [0.717, 1.165) is 6.42 Å². The zero-order valence-corrected chi connectivity index (χ0v) is 9.54. The number of rotatable bonds is 4. The average Bonchev–Trinajstić information content (AvgIpc) is 2.29. The quantitative estimate of drug-likeness (QED) is 0.682. The van der Waals surface area contributed by atoms with Crippen LogP contribution in [0.4, 0.5) is 0 Å². The van der Waals surface area contributed by atoms with E-state index < -0.39 is 5.54 Å². The molecular formula is C11H17N3O2. The van der Waals surface area contributed by atoms with Gasteiger partial charge < -0.3 is 16.0 Å². The Labute approximate surface area is 94.1 Å². The minimum Gasteiger partial charge on any atom is -0.346 e. The molecule has 0 aliphatic heterocycles. The van der Waals surface area contributed by atoms with Crippen LogP contribution in [0.25, 0.3) is 0 Å². The van der Waals surface area contributed by atoms with E-state index >= 15 is 0 Å². The molecule has 1 heterocycles. The average molecular weight is 223 g/mol. The molecule has 0 bridgehead atoms. The van der Waals surface area contributed by atoms with Crippen molar-refractivity contribution in [2.24, 2.45) is 5.73 Å². The third kappa shape index (κ3) is 2.93. The number of nitrogens with two attached hydrogens (primary N) is 1. The smallest absolute Gasteiger partial charge is 0.251 e. The standard InChI is InChI=1S/C11H17N3O2/c1-3-11(2,7-12)14-10(16)8-4-5-13-9(15)6-8/h4-6H,3,7,12H2,1-2H3,(H,13,15)(H,14,16). The summed E-state index contributed by atoms with van der Waals surface area (Å²) in [4.78, 5) is 25.3. The lowest BCUT2D eigenvalue weighted by atomic mass is 9.98. The topological polar surface area (TPSA) is 88.0 Å². The van der Waals surface area contributed by atoms with Crippen molar-refractivity contribution in [1.82, 2.24) is 10.3 Å². The molecule has 1 aromatic heterocycles. The van der Waals surface area contributed by atoms with Gasteiger partial charge in [-0.1, -0.05) is 6.92 Å². The predicted molar refractivity (Wildman–Crippen MR) is 62.3 cm³/mol. The maximum atomic E-state index is 11.8. The minimum absolute atomic E-state index is 0.277. The van der Waals surface area contributed by atoms with E-state index in [9.17, 15) is 9.59 Å². The van der Waals surface area contributed by atoms with Gasteiger partial charge in [0.15, 0.2) is 0 Å². The van der Waals surface area contributed by atoms with Crippen LogP contribution < -0.4 is 16.6 Å². The lowest BCUT2D eigenvalue weighted by molar-refractivity contribution is 0.0906. The number of aromatic nitrogens is 1. The molecule has 1 atom stereocenters. The monoisotopic (exact) mass is 223 g/mol. The highest BCUT2D eigenvalue weighted by Gasteiger charge is 2.22. The fourth-order valence-electron chi connectivity index (χ4n) is 1.22. The van der Waals surface area contributed by atoms with Gasteiger partial charge in [0.2, 0.25) is 5.56 Å². The minimum atomic E-state index is -0.431. The van der Waals surface area contributed by atoms with E-state index in [1.807, 2.05) is 13.8 Å². The Morgan fingerprint density at radius 1 is 1.62 bits per heavy atom. The van der Waals surface area contributed by atoms with Crippen LogP contribution >= 0.6 is 0 Å². The summed E-state index contributed by atoms with van der Waals surface area (Å²) >= 11 is 0. The molecule has 5 nitrogen and oxygen atoms in total. The van der Waals surface area contributed by atoms with E-state index in [1.54, 1.807) is 6.07 Å². The van der Waals surface area contributed by atoms with E-state index in [2.05, 4.69) is 10.3 Å². The maximum absolute atomic E-state index is 11.8. The van der Waals surface area contributed by atoms with Crippen LogP contribution in [0.3, 0.4) is 0 Å². The summed E-state index contributed by atoms with van der Waals surface area (Å²) in [6.45, 7) is 4.18. The number of H-pyrrole nitrogens is 1. The van der Waals surface area contributed by atoms with Crippen LogP contribution in [0.2, 0.25) is 0 Å². The summed E-state index contributed by atoms with van der Waals surface area (Å²) < 4.78 is 0. The number of hydrogen-bond acceptors (Lipinski definition) is 3. The second-order valence-corrected chi connectivity index (χ2v) is 4.01. The van der Waals surface area contributed by atoms with Crippen molar-refractivity contribution in [1.29, 1.82) is 0 Å². The molecule has 0 aromatic carbocycles. The van der Waals surface area contributed by atoms with Gasteiger partial charge in [0.25, 0.3) is 5.91 Å². The van der Waals surface area contributed by atoms with Crippen molar-refractivity contribution < 1.29 is 4.79 Å². The summed E-state index contributed by atoms with van der Waals surface area (Å²) in [5.41, 5.74) is 5.21. The molecule has 4 N–H and O–H groups in total. The van der Waals surface area contributed by atoms with Crippen molar-refractivity contribution >= 4 is 5.91 Å². The van der Waals surface area contributed by atoms with Crippen molar-refractivity contribution in [2.45, 2.75) is 25.8 Å². The summed E-state index contributed by atoms with van der Waals surface area (Å²) in [6.07, 6.45) is 2.18. The molecular weight excluding hydrogens is 206 g/mol. The normalized spacial score (nSPS) is 14.2. The Bertz CT molecular complexity index is 421. The molecule has 0 fully saturated rings. The Kier molecular flexibility index (Phi) is 3.84. The van der Waals surface area contributed by atoms with Crippen LogP contribution in [-0.4, -0.2) is 23.0 Å². The zero-order chi connectivity index (χ0) is 12.2. The second kappa shape index (κ2) is 4.94. The molecule has 5 heteroatoms. The van der Waals surface area contributed by atoms with Crippen LogP contribution in [0, 0.1) is 0 Å². The second-order valence-electron chi connectivity index (χ2n) is 4.01. The first-order chi connectivity index (χ1) is 7.50. The molecule has 1 amide bonds. The van der Waals surface area contributed by atoms with Crippen molar-refractivity contribution in [2.75, 3.05) is 6.54 Å². The lowest BCUT2D eigenvalue weighted by Gasteiger charge is -2.27. The number of carbonyl (C=O) groups is 1. The zero-order valence-electron chi connectivity index (χ0n) is 9.54. The molecule has 0 aliphatic rings. The SMILES string of the molecule is CCC(C)(CN)NC(=O)c1cc[nH]c(=O)c1. The summed E-state index contributed by atoms with van der Waals surface area (Å²) in [5, 5.41) is 2.82. The molecule has 88 valence electrons. The number of amides is 1. The van der Waals surface area contributed by atoms with Crippen LogP contribution in [-0.2, 0) is 0 Å². The Morgan fingerprint density at radius 2 is 2.31 bits per heavy atom. The van der Waals surface area contributed by atoms with Gasteiger partial charge >= 0.3 is 0 Å². The van der Waals surface area contributed by atoms with Gasteiger partial charge in [0.05, 0.1) is 0 Å². The molecule has 1 aromatic rings. The van der Waals surface area contributed by atoms with Crippen LogP contribution in [0.15, 0.2) is 23.1 Å². The number of carbonyl (C=O) groups excluding carboxylic acids is 1. The first-order valence-electron chi connectivity index (χ1n) is 5.22. The van der Waals surface area contributed by atoms with Crippen molar-refractivity contribution in [3.63, 3.8) is 0 Å². The highest BCUT2D eigenvalue weighted by molar-refractivity contribution is 5.94. The summed E-state index contributed by atoms with van der Waals surface area (Å²) in [7, 11) is 0. The van der Waals surface area contributed by atoms with Crippen molar-refractivity contribution in [3.8, 4) is 0 Å². The molecule has 0 spiro atoms. The molecule has 1 rings (SSSR count). The fraction of sp³-hybridized carbons (Fsp3) is 0.455. The Balaban J connectivity index is 2.84. The van der Waals surface area contributed by atoms with Gasteiger partial charge in [-0.05, 0) is 19.4 Å². The Morgan fingerprint density at radius 3 is 2.81 bits per heavy atom. The highest BCUT2D eigenvalue weighted by atomic mass is 16.2. The third-order valence-electron chi connectivity index (χ3n) is 2.68. The molecule has 0 saturated carbocycles. The van der Waals surface area contributed by atoms with Crippen molar-refractivity contribution in [3.05, 3.63) is 34.2 Å². The highest BCUT2D eigenvalue weighted by Crippen LogP contribution is 2.08. The Hall–Kier alpha value is -1.62. The predicted octanol–water partition coefficient (Wildman–Crippen LogP) is 0.232. The van der Waals surface area contributed by atoms with E-state index in [0.29, 0.717) is 12.1 Å². The number of hydrogen-bond donors (Lipinski definition) is 3. The van der Waals surface area contributed by atoms with Gasteiger partial charge in [0.1, 0.15) is 0 Å². The third-order valence-corrected chi connectivity index (χ3v) is 2.68. The van der Waals surface area contributed by atoms with Gasteiger partial charge in [0, 0.05) is 29.9 Å². The van der Waals surface area contributed by atoms with Crippen LogP contribution in [0.1, 0.15) is 30.6 Å². The summed E-state index contributed by atoms with van der Waals surface area (Å²) in [5.74, 6) is -0.277. The van der Waals surface area contributed by atoms with E-state index in [-0.39, 0.29) is 11.5 Å². The molecule has 1 unspecified atom stereocenters. The van der Waals surface area contributed by atoms with Gasteiger partial charge in [-0.25, -0.2) is 0 Å². The lowest BCUT2D eigenvalue weighted by Crippen LogP contribution is -2.51. The molecule has 0 saturated heterocycles. The number of pyridine rings is 1. The van der Waals surface area contributed by atoms with Gasteiger partial charge in [-0.2, -0.15) is 0 Å². The van der Waals surface area contributed by atoms with E-state index in [4.69, 9.17) is 5.73 Å². The molecule has 0 aliphatic carbocycles. The van der Waals surface area contributed by atoms with E-state index in [1.165, 1.54) is 12.3 Å². The molecule has 16 heavy (non-hydrogen) atoms. The van der Waals surface area contributed by atoms with Crippen LogP contribution in [0.5, 0.6) is 0 Å². The first-order valence-corrected chi connectivity index (χ1v) is 5.22. The maximum Gasteiger partial charge on any atom is 0.251 e. The number of aromatic amines is 1. The summed E-state index contributed by atoms with van der Waals surface area (Å²) in [6, 6.07) is 2.82. The first kappa shape index (κ1) is 12.4. The van der Waals surface area contributed by atoms with Gasteiger partial charge in [-0.15, -0.1) is 0 Å². The molecule has 0 radical (unpaired) electrons. The largest absolute Gasteiger partial charge is 0.346 e.